The summed E-state index contributed by atoms with van der Waals surface area (Å²) in [6.07, 6.45) is 4.14. The Bertz CT molecular complexity index is 1110. The summed E-state index contributed by atoms with van der Waals surface area (Å²) in [6.45, 7) is 1.96. The fourth-order valence-electron chi connectivity index (χ4n) is 3.98. The van der Waals surface area contributed by atoms with Gasteiger partial charge < -0.3 is 5.32 Å². The number of fused-ring (bicyclic) bond motifs is 1. The van der Waals surface area contributed by atoms with Crippen LogP contribution in [-0.2, 0) is 4.79 Å². The predicted molar refractivity (Wildman–Crippen MR) is 122 cm³/mol. The molecule has 0 bridgehead atoms. The lowest BCUT2D eigenvalue weighted by Gasteiger charge is -2.19. The van der Waals surface area contributed by atoms with Crippen LogP contribution < -0.4 is 10.9 Å². The van der Waals surface area contributed by atoms with E-state index in [1.807, 2.05) is 37.3 Å². The van der Waals surface area contributed by atoms with Gasteiger partial charge in [0.05, 0.1) is 22.7 Å². The Labute approximate surface area is 184 Å². The van der Waals surface area contributed by atoms with Crippen molar-refractivity contribution < 1.29 is 4.79 Å². The van der Waals surface area contributed by atoms with Gasteiger partial charge in [0.25, 0.3) is 5.56 Å². The van der Waals surface area contributed by atoms with E-state index in [4.69, 9.17) is 16.6 Å². The van der Waals surface area contributed by atoms with Crippen LogP contribution in [0.15, 0.2) is 58.5 Å². The number of nitrogens with zero attached hydrogens (tertiary/aromatic N) is 2. The largest absolute Gasteiger partial charge is 0.349 e. The molecule has 1 N–H and O–H groups in total. The van der Waals surface area contributed by atoms with E-state index in [9.17, 15) is 9.59 Å². The molecule has 7 heteroatoms. The quantitative estimate of drug-likeness (QED) is 0.425. The smallest absolute Gasteiger partial charge is 0.262 e. The summed E-state index contributed by atoms with van der Waals surface area (Å²) >= 11 is 7.42. The second-order valence-corrected chi connectivity index (χ2v) is 9.04. The van der Waals surface area contributed by atoms with Gasteiger partial charge in [0.2, 0.25) is 5.91 Å². The highest BCUT2D eigenvalue weighted by Crippen LogP contribution is 2.32. The molecule has 1 amide bonds. The molecule has 0 aliphatic heterocycles. The van der Waals surface area contributed by atoms with Crippen molar-refractivity contribution in [3.63, 3.8) is 0 Å². The molecule has 3 aromatic rings. The lowest BCUT2D eigenvalue weighted by molar-refractivity contribution is -0.119. The summed E-state index contributed by atoms with van der Waals surface area (Å²) in [5.41, 5.74) is 1.57. The maximum absolute atomic E-state index is 13.2. The van der Waals surface area contributed by atoms with Crippen LogP contribution in [-0.4, -0.2) is 21.2 Å². The van der Waals surface area contributed by atoms with Crippen LogP contribution in [0.25, 0.3) is 10.9 Å². The van der Waals surface area contributed by atoms with E-state index in [0.29, 0.717) is 21.1 Å². The van der Waals surface area contributed by atoms with Gasteiger partial charge in [-0.3, -0.25) is 14.2 Å². The molecule has 1 fully saturated rings. The van der Waals surface area contributed by atoms with Crippen LogP contribution in [0.5, 0.6) is 0 Å². The Balaban J connectivity index is 1.57. The first kappa shape index (κ1) is 20.9. The van der Waals surface area contributed by atoms with Crippen LogP contribution in [0.4, 0.5) is 0 Å². The van der Waals surface area contributed by atoms with Crippen LogP contribution >= 0.6 is 23.4 Å². The molecular weight excluding hydrogens is 418 g/mol. The number of hydrogen-bond donors (Lipinski definition) is 1. The Morgan fingerprint density at radius 2 is 1.97 bits per heavy atom. The number of amides is 1. The average Bonchev–Trinajstić information content (AvgIpc) is 3.27. The number of thioether (sulfide) groups is 1. The van der Waals surface area contributed by atoms with E-state index in [2.05, 4.69) is 5.32 Å². The van der Waals surface area contributed by atoms with Crippen molar-refractivity contribution in [2.45, 2.75) is 49.8 Å². The SMILES string of the molecule is CC(NC(=O)CSc1nc2cc(Cl)ccc2c(=O)n1C1CCCC1)c1ccccc1. The first-order chi connectivity index (χ1) is 14.5. The first-order valence-electron chi connectivity index (χ1n) is 10.2. The number of hydrogen-bond acceptors (Lipinski definition) is 4. The molecule has 1 unspecified atom stereocenters. The fourth-order valence-corrected chi connectivity index (χ4v) is 5.02. The molecule has 1 aromatic heterocycles. The highest BCUT2D eigenvalue weighted by molar-refractivity contribution is 7.99. The third-order valence-corrected chi connectivity index (χ3v) is 6.72. The minimum Gasteiger partial charge on any atom is -0.349 e. The highest BCUT2D eigenvalue weighted by Gasteiger charge is 2.23. The highest BCUT2D eigenvalue weighted by atomic mass is 35.5. The van der Waals surface area contributed by atoms with E-state index >= 15 is 0 Å². The van der Waals surface area contributed by atoms with Gasteiger partial charge in [-0.05, 0) is 43.5 Å². The number of carbonyl (C=O) groups excluding carboxylic acids is 1. The molecule has 0 saturated heterocycles. The minimum atomic E-state index is -0.0882. The molecule has 1 aliphatic carbocycles. The zero-order chi connectivity index (χ0) is 21.1. The fraction of sp³-hybridized carbons (Fsp3) is 0.348. The van der Waals surface area contributed by atoms with Gasteiger partial charge in [-0.15, -0.1) is 0 Å². The van der Waals surface area contributed by atoms with Gasteiger partial charge >= 0.3 is 0 Å². The van der Waals surface area contributed by atoms with Gasteiger partial charge in [-0.25, -0.2) is 4.98 Å². The number of nitrogens with one attached hydrogen (secondary N) is 1. The Morgan fingerprint density at radius 3 is 2.70 bits per heavy atom. The minimum absolute atomic E-state index is 0.0517. The van der Waals surface area contributed by atoms with Crippen molar-refractivity contribution in [3.8, 4) is 0 Å². The monoisotopic (exact) mass is 441 g/mol. The molecule has 1 heterocycles. The Morgan fingerprint density at radius 1 is 1.23 bits per heavy atom. The third-order valence-electron chi connectivity index (χ3n) is 5.53. The maximum atomic E-state index is 13.2. The lowest BCUT2D eigenvalue weighted by atomic mass is 10.1. The van der Waals surface area contributed by atoms with Gasteiger partial charge in [0.15, 0.2) is 5.16 Å². The van der Waals surface area contributed by atoms with Crippen molar-refractivity contribution in [1.82, 2.24) is 14.9 Å². The summed E-state index contributed by atoms with van der Waals surface area (Å²) in [6, 6.07) is 15.1. The summed E-state index contributed by atoms with van der Waals surface area (Å²) in [7, 11) is 0. The second kappa shape index (κ2) is 9.23. The van der Waals surface area contributed by atoms with Crippen LogP contribution in [0.2, 0.25) is 5.02 Å². The van der Waals surface area contributed by atoms with Crippen molar-refractivity contribution in [1.29, 1.82) is 0 Å². The average molecular weight is 442 g/mol. The van der Waals surface area contributed by atoms with E-state index in [1.54, 1.807) is 22.8 Å². The number of halogens is 1. The summed E-state index contributed by atoms with van der Waals surface area (Å²) in [5.74, 6) is 0.109. The van der Waals surface area contributed by atoms with Crippen molar-refractivity contribution in [2.24, 2.45) is 0 Å². The molecule has 156 valence electrons. The summed E-state index contributed by atoms with van der Waals surface area (Å²) in [5, 5.41) is 4.72. The van der Waals surface area contributed by atoms with Crippen molar-refractivity contribution >= 4 is 40.2 Å². The predicted octanol–water partition coefficient (Wildman–Crippen LogP) is 5.13. The molecule has 0 spiro atoms. The molecule has 30 heavy (non-hydrogen) atoms. The number of carbonyl (C=O) groups is 1. The van der Waals surface area contributed by atoms with E-state index in [-0.39, 0.29) is 29.3 Å². The molecule has 4 rings (SSSR count). The molecule has 2 aromatic carbocycles. The zero-order valence-electron chi connectivity index (χ0n) is 16.8. The third kappa shape index (κ3) is 4.55. The lowest BCUT2D eigenvalue weighted by Crippen LogP contribution is -2.30. The first-order valence-corrected chi connectivity index (χ1v) is 11.6. The number of aromatic nitrogens is 2. The zero-order valence-corrected chi connectivity index (χ0v) is 18.4. The molecule has 0 radical (unpaired) electrons. The summed E-state index contributed by atoms with van der Waals surface area (Å²) in [4.78, 5) is 30.5. The van der Waals surface area contributed by atoms with Gasteiger partial charge in [0, 0.05) is 11.1 Å². The molecule has 1 saturated carbocycles. The van der Waals surface area contributed by atoms with E-state index < -0.39 is 0 Å². The van der Waals surface area contributed by atoms with E-state index in [0.717, 1.165) is 31.2 Å². The van der Waals surface area contributed by atoms with Gasteiger partial charge in [-0.2, -0.15) is 0 Å². The van der Waals surface area contributed by atoms with Crippen LogP contribution in [0.1, 0.15) is 50.3 Å². The standard InChI is InChI=1S/C23H24ClN3O2S/c1-15(16-7-3-2-4-8-16)25-21(28)14-30-23-26-20-13-17(24)11-12-19(20)22(29)27(23)18-9-5-6-10-18/h2-4,7-8,11-13,15,18H,5-6,9-10,14H2,1H3,(H,25,28). The number of benzene rings is 2. The van der Waals surface area contributed by atoms with Crippen LogP contribution in [0.3, 0.4) is 0 Å². The maximum Gasteiger partial charge on any atom is 0.262 e. The number of rotatable bonds is 6. The Kier molecular flexibility index (Phi) is 6.44. The Hall–Kier alpha value is -2.31. The van der Waals surface area contributed by atoms with Gasteiger partial charge in [0.1, 0.15) is 0 Å². The molecule has 1 aliphatic rings. The topological polar surface area (TPSA) is 64.0 Å². The van der Waals surface area contributed by atoms with E-state index in [1.165, 1.54) is 11.8 Å². The molecule has 1 atom stereocenters. The van der Waals surface area contributed by atoms with Crippen molar-refractivity contribution in [3.05, 3.63) is 69.5 Å². The molecular formula is C23H24ClN3O2S. The summed E-state index contributed by atoms with van der Waals surface area (Å²) < 4.78 is 1.79. The van der Waals surface area contributed by atoms with Crippen molar-refractivity contribution in [2.75, 3.05) is 5.75 Å². The second-order valence-electron chi connectivity index (χ2n) is 7.66. The van der Waals surface area contributed by atoms with Crippen LogP contribution in [0, 0.1) is 0 Å². The van der Waals surface area contributed by atoms with Gasteiger partial charge in [-0.1, -0.05) is 66.5 Å². The molecule has 5 nitrogen and oxygen atoms in total. The normalized spacial score (nSPS) is 15.4.